The van der Waals surface area contributed by atoms with Gasteiger partial charge in [-0.1, -0.05) is 43.7 Å². The molecular weight excluding hydrogens is 214 g/mol. The minimum atomic E-state index is 0.0238. The topological polar surface area (TPSA) is 26.0 Å². The molecule has 1 aromatic carbocycles. The van der Waals surface area contributed by atoms with Crippen LogP contribution in [0.3, 0.4) is 0 Å². The number of aryl methyl sites for hydroxylation is 1. The number of benzene rings is 1. The lowest BCUT2D eigenvalue weighted by Gasteiger charge is -2.10. The molecule has 1 atom stereocenters. The zero-order chi connectivity index (χ0) is 11.4. The first-order valence-corrected chi connectivity index (χ1v) is 6.57. The van der Waals surface area contributed by atoms with Gasteiger partial charge in [-0.25, -0.2) is 0 Å². The molecule has 0 amide bonds. The lowest BCUT2D eigenvalue weighted by molar-refractivity contribution is 0.883. The smallest absolute Gasteiger partial charge is 0.0645 e. The summed E-state index contributed by atoms with van der Waals surface area (Å²) in [6, 6.07) is 12.8. The molecule has 1 nitrogen and oxygen atoms in total. The first-order chi connectivity index (χ1) is 7.81. The minimum Gasteiger partial charge on any atom is -0.320 e. The highest BCUT2D eigenvalue weighted by Crippen LogP contribution is 2.23. The van der Waals surface area contributed by atoms with Crippen molar-refractivity contribution in [1.82, 2.24) is 0 Å². The van der Waals surface area contributed by atoms with E-state index in [1.807, 2.05) is 6.07 Å². The summed E-state index contributed by atoms with van der Waals surface area (Å²) in [6.07, 6.45) is 2.34. The Balaban J connectivity index is 2.15. The van der Waals surface area contributed by atoms with E-state index in [-0.39, 0.29) is 6.04 Å². The molecule has 0 fully saturated rings. The molecule has 2 N–H and O–H groups in total. The summed E-state index contributed by atoms with van der Waals surface area (Å²) < 4.78 is 0. The fraction of sp³-hybridized carbons (Fsp3) is 0.286. The van der Waals surface area contributed by atoms with E-state index < -0.39 is 0 Å². The maximum atomic E-state index is 6.20. The van der Waals surface area contributed by atoms with Crippen molar-refractivity contribution in [2.45, 2.75) is 25.8 Å². The van der Waals surface area contributed by atoms with E-state index in [1.54, 1.807) is 11.3 Å². The second kappa shape index (κ2) is 5.28. The summed E-state index contributed by atoms with van der Waals surface area (Å²) in [4.78, 5) is 1.23. The van der Waals surface area contributed by atoms with E-state index in [0.717, 1.165) is 6.42 Å². The van der Waals surface area contributed by atoms with E-state index >= 15 is 0 Å². The average Bonchev–Trinajstić information content (AvgIpc) is 2.83. The molecule has 2 aromatic rings. The molecule has 0 unspecified atom stereocenters. The van der Waals surface area contributed by atoms with E-state index in [4.69, 9.17) is 5.73 Å². The number of hydrogen-bond donors (Lipinski definition) is 1. The first-order valence-electron chi connectivity index (χ1n) is 5.69. The number of rotatable bonds is 4. The standard InChI is InChI=1S/C14H17NS/c1-2-4-11-6-8-12(9-7-11)14(15)13-5-3-10-16-13/h3,5-10,14H,2,4,15H2,1H3/t14-/m1/s1. The van der Waals surface area contributed by atoms with Crippen molar-refractivity contribution in [3.05, 3.63) is 57.8 Å². The number of thiophene rings is 1. The van der Waals surface area contributed by atoms with Gasteiger partial charge in [0.25, 0.3) is 0 Å². The zero-order valence-electron chi connectivity index (χ0n) is 9.52. The Labute approximate surface area is 101 Å². The molecule has 0 aliphatic carbocycles. The van der Waals surface area contributed by atoms with Crippen LogP contribution in [0.4, 0.5) is 0 Å². The van der Waals surface area contributed by atoms with Gasteiger partial charge in [-0.15, -0.1) is 11.3 Å². The SMILES string of the molecule is CCCc1ccc([C@@H](N)c2cccs2)cc1. The molecule has 2 heteroatoms. The van der Waals surface area contributed by atoms with Crippen molar-refractivity contribution in [2.24, 2.45) is 5.73 Å². The van der Waals surface area contributed by atoms with Gasteiger partial charge in [0.15, 0.2) is 0 Å². The third-order valence-corrected chi connectivity index (χ3v) is 3.68. The number of hydrogen-bond acceptors (Lipinski definition) is 2. The van der Waals surface area contributed by atoms with Gasteiger partial charge in [0.05, 0.1) is 6.04 Å². The van der Waals surface area contributed by atoms with Gasteiger partial charge in [-0.05, 0) is 29.0 Å². The molecule has 2 rings (SSSR count). The molecule has 0 saturated heterocycles. The van der Waals surface area contributed by atoms with Crippen molar-refractivity contribution >= 4 is 11.3 Å². The zero-order valence-corrected chi connectivity index (χ0v) is 10.3. The summed E-state index contributed by atoms with van der Waals surface area (Å²) >= 11 is 1.72. The highest BCUT2D eigenvalue weighted by Gasteiger charge is 2.08. The van der Waals surface area contributed by atoms with E-state index in [9.17, 15) is 0 Å². The molecular formula is C14H17NS. The lowest BCUT2D eigenvalue weighted by atomic mass is 10.0. The fourth-order valence-corrected chi connectivity index (χ4v) is 2.57. The van der Waals surface area contributed by atoms with Crippen LogP contribution >= 0.6 is 11.3 Å². The molecule has 1 heterocycles. The second-order valence-electron chi connectivity index (χ2n) is 3.98. The Kier molecular flexibility index (Phi) is 3.75. The van der Waals surface area contributed by atoms with Crippen LogP contribution in [-0.4, -0.2) is 0 Å². The van der Waals surface area contributed by atoms with Gasteiger partial charge in [-0.2, -0.15) is 0 Å². The van der Waals surface area contributed by atoms with Crippen LogP contribution in [-0.2, 0) is 6.42 Å². The summed E-state index contributed by atoms with van der Waals surface area (Å²) in [7, 11) is 0. The summed E-state index contributed by atoms with van der Waals surface area (Å²) in [5.41, 5.74) is 8.78. The maximum Gasteiger partial charge on any atom is 0.0645 e. The largest absolute Gasteiger partial charge is 0.320 e. The summed E-state index contributed by atoms with van der Waals surface area (Å²) in [6.45, 7) is 2.20. The van der Waals surface area contributed by atoms with Crippen molar-refractivity contribution in [1.29, 1.82) is 0 Å². The summed E-state index contributed by atoms with van der Waals surface area (Å²) in [5, 5.41) is 2.07. The Morgan fingerprint density at radius 3 is 2.50 bits per heavy atom. The Morgan fingerprint density at radius 1 is 1.19 bits per heavy atom. The minimum absolute atomic E-state index is 0.0238. The molecule has 0 spiro atoms. The highest BCUT2D eigenvalue weighted by atomic mass is 32.1. The van der Waals surface area contributed by atoms with Crippen LogP contribution in [0.2, 0.25) is 0 Å². The van der Waals surface area contributed by atoms with Crippen LogP contribution in [0.5, 0.6) is 0 Å². The predicted octanol–water partition coefficient (Wildman–Crippen LogP) is 3.75. The molecule has 0 radical (unpaired) electrons. The molecule has 0 saturated carbocycles. The van der Waals surface area contributed by atoms with Crippen LogP contribution < -0.4 is 5.73 Å². The summed E-state index contributed by atoms with van der Waals surface area (Å²) in [5.74, 6) is 0. The van der Waals surface area contributed by atoms with Crippen LogP contribution in [0.25, 0.3) is 0 Å². The second-order valence-corrected chi connectivity index (χ2v) is 4.96. The monoisotopic (exact) mass is 231 g/mol. The van der Waals surface area contributed by atoms with Gasteiger partial charge in [0, 0.05) is 4.88 Å². The molecule has 0 aliphatic heterocycles. The van der Waals surface area contributed by atoms with Crippen molar-refractivity contribution in [3.63, 3.8) is 0 Å². The quantitative estimate of drug-likeness (QED) is 0.852. The van der Waals surface area contributed by atoms with Gasteiger partial charge in [0.1, 0.15) is 0 Å². The van der Waals surface area contributed by atoms with Crippen LogP contribution in [0.1, 0.15) is 35.4 Å². The molecule has 1 aromatic heterocycles. The molecule has 84 valence electrons. The molecule has 0 bridgehead atoms. The normalized spacial score (nSPS) is 12.6. The first kappa shape index (κ1) is 11.4. The highest BCUT2D eigenvalue weighted by molar-refractivity contribution is 7.10. The maximum absolute atomic E-state index is 6.20. The average molecular weight is 231 g/mol. The van der Waals surface area contributed by atoms with Crippen LogP contribution in [0.15, 0.2) is 41.8 Å². The molecule has 16 heavy (non-hydrogen) atoms. The number of nitrogens with two attached hydrogens (primary N) is 1. The van der Waals surface area contributed by atoms with E-state index in [2.05, 4.69) is 42.6 Å². The Morgan fingerprint density at radius 2 is 1.94 bits per heavy atom. The molecule has 0 aliphatic rings. The predicted molar refractivity (Wildman–Crippen MR) is 70.8 cm³/mol. The lowest BCUT2D eigenvalue weighted by Crippen LogP contribution is -2.09. The Bertz CT molecular complexity index is 417. The van der Waals surface area contributed by atoms with Gasteiger partial charge >= 0.3 is 0 Å². The fourth-order valence-electron chi connectivity index (χ4n) is 1.81. The van der Waals surface area contributed by atoms with Gasteiger partial charge < -0.3 is 5.73 Å². The van der Waals surface area contributed by atoms with Gasteiger partial charge in [-0.3, -0.25) is 0 Å². The van der Waals surface area contributed by atoms with Crippen molar-refractivity contribution in [3.8, 4) is 0 Å². The third kappa shape index (κ3) is 2.52. The van der Waals surface area contributed by atoms with Crippen LogP contribution in [0, 0.1) is 0 Å². The Hall–Kier alpha value is -1.12. The van der Waals surface area contributed by atoms with E-state index in [1.165, 1.54) is 22.4 Å². The van der Waals surface area contributed by atoms with Crippen molar-refractivity contribution < 1.29 is 0 Å². The van der Waals surface area contributed by atoms with Gasteiger partial charge in [0.2, 0.25) is 0 Å². The third-order valence-electron chi connectivity index (χ3n) is 2.73. The van der Waals surface area contributed by atoms with Crippen molar-refractivity contribution in [2.75, 3.05) is 0 Å². The van der Waals surface area contributed by atoms with E-state index in [0.29, 0.717) is 0 Å².